The molecule has 3 N–H and O–H groups in total. The van der Waals surface area contributed by atoms with E-state index in [0.717, 1.165) is 10.7 Å². The van der Waals surface area contributed by atoms with Crippen LogP contribution in [-0.4, -0.2) is 21.3 Å². The molecule has 0 aliphatic rings. The summed E-state index contributed by atoms with van der Waals surface area (Å²) < 4.78 is 0. The van der Waals surface area contributed by atoms with Crippen molar-refractivity contribution in [2.24, 2.45) is 10.9 Å². The molecule has 1 aromatic rings. The van der Waals surface area contributed by atoms with E-state index in [2.05, 4.69) is 10.1 Å². The second-order valence-electron chi connectivity index (χ2n) is 3.85. The van der Waals surface area contributed by atoms with E-state index in [1.165, 1.54) is 5.56 Å². The molecule has 0 saturated carbocycles. The molecule has 0 radical (unpaired) electrons. The van der Waals surface area contributed by atoms with E-state index in [-0.39, 0.29) is 11.1 Å². The van der Waals surface area contributed by atoms with Crippen LogP contribution < -0.4 is 5.73 Å². The van der Waals surface area contributed by atoms with Crippen molar-refractivity contribution in [1.29, 1.82) is 0 Å². The lowest BCUT2D eigenvalue weighted by molar-refractivity contribution is 0.317. The van der Waals surface area contributed by atoms with Crippen LogP contribution >= 0.6 is 11.8 Å². The zero-order valence-electron chi connectivity index (χ0n) is 9.77. The minimum absolute atomic E-state index is 0.240. The summed E-state index contributed by atoms with van der Waals surface area (Å²) in [7, 11) is 0. The number of oxime groups is 1. The standard InChI is InChI=1S/C11H17N3OS/c1-7-4-8(2)13-11(5-7)16-9(3)6-10(12)14-15/h4-5,9,15H,6H2,1-3H3,(H2,12,14). The largest absolute Gasteiger partial charge is 0.409 e. The van der Waals surface area contributed by atoms with E-state index >= 15 is 0 Å². The zero-order valence-corrected chi connectivity index (χ0v) is 10.6. The fourth-order valence-electron chi connectivity index (χ4n) is 1.45. The monoisotopic (exact) mass is 239 g/mol. The minimum atomic E-state index is 0.240. The molecule has 0 saturated heterocycles. The lowest BCUT2D eigenvalue weighted by Crippen LogP contribution is -2.16. The summed E-state index contributed by atoms with van der Waals surface area (Å²) in [4.78, 5) is 4.43. The van der Waals surface area contributed by atoms with Crippen molar-refractivity contribution in [1.82, 2.24) is 4.98 Å². The van der Waals surface area contributed by atoms with Gasteiger partial charge in [-0.15, -0.1) is 11.8 Å². The van der Waals surface area contributed by atoms with Gasteiger partial charge in [-0.2, -0.15) is 0 Å². The van der Waals surface area contributed by atoms with E-state index in [9.17, 15) is 0 Å². The van der Waals surface area contributed by atoms with Crippen LogP contribution in [0.4, 0.5) is 0 Å². The van der Waals surface area contributed by atoms with Gasteiger partial charge in [0.1, 0.15) is 5.84 Å². The molecule has 88 valence electrons. The summed E-state index contributed by atoms with van der Waals surface area (Å²) in [5.41, 5.74) is 7.67. The maximum Gasteiger partial charge on any atom is 0.140 e. The molecule has 0 spiro atoms. The van der Waals surface area contributed by atoms with Gasteiger partial charge in [-0.3, -0.25) is 0 Å². The quantitative estimate of drug-likeness (QED) is 0.278. The highest BCUT2D eigenvalue weighted by Crippen LogP contribution is 2.24. The van der Waals surface area contributed by atoms with Gasteiger partial charge in [0.25, 0.3) is 0 Å². The first-order chi connectivity index (χ1) is 7.51. The zero-order chi connectivity index (χ0) is 12.1. The Kier molecular flexibility index (Phi) is 4.61. The van der Waals surface area contributed by atoms with Gasteiger partial charge < -0.3 is 10.9 Å². The van der Waals surface area contributed by atoms with Crippen LogP contribution in [0, 0.1) is 13.8 Å². The molecule has 16 heavy (non-hydrogen) atoms. The summed E-state index contributed by atoms with van der Waals surface area (Å²) in [6.07, 6.45) is 0.551. The molecular weight excluding hydrogens is 222 g/mol. The van der Waals surface area contributed by atoms with Gasteiger partial charge in [0.2, 0.25) is 0 Å². The Balaban J connectivity index is 2.65. The van der Waals surface area contributed by atoms with Crippen LogP contribution in [0.5, 0.6) is 0 Å². The normalized spacial score (nSPS) is 13.8. The molecule has 1 unspecified atom stereocenters. The fraction of sp³-hybridized carbons (Fsp3) is 0.455. The Labute approximate surface area is 99.9 Å². The van der Waals surface area contributed by atoms with E-state index < -0.39 is 0 Å². The molecule has 4 nitrogen and oxygen atoms in total. The Hall–Kier alpha value is -1.23. The SMILES string of the molecule is Cc1cc(C)nc(SC(C)C/C(N)=N/O)c1. The number of hydrogen-bond donors (Lipinski definition) is 2. The van der Waals surface area contributed by atoms with E-state index in [1.54, 1.807) is 11.8 Å². The third kappa shape index (κ3) is 4.10. The number of nitrogens with zero attached hydrogens (tertiary/aromatic N) is 2. The average Bonchev–Trinajstić information content (AvgIpc) is 2.15. The highest BCUT2D eigenvalue weighted by atomic mass is 32.2. The topological polar surface area (TPSA) is 71.5 Å². The third-order valence-electron chi connectivity index (χ3n) is 2.02. The Bertz CT molecular complexity index is 373. The number of rotatable bonds is 4. The molecule has 0 aromatic carbocycles. The van der Waals surface area contributed by atoms with Crippen molar-refractivity contribution in [2.45, 2.75) is 37.5 Å². The van der Waals surface area contributed by atoms with Crippen molar-refractivity contribution in [3.05, 3.63) is 23.4 Å². The van der Waals surface area contributed by atoms with Crippen molar-refractivity contribution in [3.8, 4) is 0 Å². The fourth-order valence-corrected chi connectivity index (χ4v) is 2.56. The van der Waals surface area contributed by atoms with Crippen molar-refractivity contribution >= 4 is 17.6 Å². The van der Waals surface area contributed by atoms with Crippen LogP contribution in [0.15, 0.2) is 22.3 Å². The molecule has 0 aliphatic carbocycles. The molecule has 1 aromatic heterocycles. The van der Waals surface area contributed by atoms with Gasteiger partial charge in [0.15, 0.2) is 0 Å². The van der Waals surface area contributed by atoms with Gasteiger partial charge in [0.05, 0.1) is 5.03 Å². The lowest BCUT2D eigenvalue weighted by atomic mass is 10.3. The summed E-state index contributed by atoms with van der Waals surface area (Å²) >= 11 is 1.63. The molecule has 0 aliphatic heterocycles. The second kappa shape index (κ2) is 5.75. The predicted molar refractivity (Wildman–Crippen MR) is 67.1 cm³/mol. The lowest BCUT2D eigenvalue weighted by Gasteiger charge is -2.10. The number of nitrogens with two attached hydrogens (primary N) is 1. The van der Waals surface area contributed by atoms with Gasteiger partial charge in [-0.25, -0.2) is 4.98 Å². The highest BCUT2D eigenvalue weighted by molar-refractivity contribution is 7.99. The number of pyridine rings is 1. The molecule has 5 heteroatoms. The summed E-state index contributed by atoms with van der Waals surface area (Å²) in [5.74, 6) is 0.254. The van der Waals surface area contributed by atoms with Crippen molar-refractivity contribution in [3.63, 3.8) is 0 Å². The number of hydrogen-bond acceptors (Lipinski definition) is 4. The van der Waals surface area contributed by atoms with E-state index in [1.807, 2.05) is 32.9 Å². The Morgan fingerprint density at radius 2 is 2.25 bits per heavy atom. The summed E-state index contributed by atoms with van der Waals surface area (Å²) in [6, 6.07) is 4.08. The molecule has 1 rings (SSSR count). The van der Waals surface area contributed by atoms with Crippen LogP contribution in [-0.2, 0) is 0 Å². The van der Waals surface area contributed by atoms with Gasteiger partial charge in [-0.1, -0.05) is 12.1 Å². The van der Waals surface area contributed by atoms with Crippen molar-refractivity contribution in [2.75, 3.05) is 0 Å². The number of aryl methyl sites for hydroxylation is 2. The second-order valence-corrected chi connectivity index (χ2v) is 5.31. The molecule has 0 amide bonds. The van der Waals surface area contributed by atoms with Crippen LogP contribution in [0.1, 0.15) is 24.6 Å². The minimum Gasteiger partial charge on any atom is -0.409 e. The van der Waals surface area contributed by atoms with E-state index in [0.29, 0.717) is 6.42 Å². The van der Waals surface area contributed by atoms with Crippen molar-refractivity contribution < 1.29 is 5.21 Å². The number of aromatic nitrogens is 1. The maximum atomic E-state index is 8.48. The van der Waals surface area contributed by atoms with Crippen LogP contribution in [0.2, 0.25) is 0 Å². The molecular formula is C11H17N3OS. The Morgan fingerprint density at radius 1 is 1.56 bits per heavy atom. The number of amidine groups is 1. The molecule has 0 bridgehead atoms. The summed E-state index contributed by atoms with van der Waals surface area (Å²) in [6.45, 7) is 6.06. The highest BCUT2D eigenvalue weighted by Gasteiger charge is 2.08. The van der Waals surface area contributed by atoms with Crippen LogP contribution in [0.25, 0.3) is 0 Å². The number of thioether (sulfide) groups is 1. The third-order valence-corrected chi connectivity index (χ3v) is 3.04. The van der Waals surface area contributed by atoms with E-state index in [4.69, 9.17) is 10.9 Å². The van der Waals surface area contributed by atoms with Gasteiger partial charge >= 0.3 is 0 Å². The first-order valence-electron chi connectivity index (χ1n) is 5.09. The molecule has 1 heterocycles. The summed E-state index contributed by atoms with van der Waals surface area (Å²) in [5, 5.41) is 12.7. The molecule has 0 fully saturated rings. The predicted octanol–water partition coefficient (Wildman–Crippen LogP) is 2.32. The maximum absolute atomic E-state index is 8.48. The molecule has 1 atom stereocenters. The van der Waals surface area contributed by atoms with Gasteiger partial charge in [-0.05, 0) is 31.5 Å². The van der Waals surface area contributed by atoms with Crippen LogP contribution in [0.3, 0.4) is 0 Å². The van der Waals surface area contributed by atoms with Gasteiger partial charge in [0, 0.05) is 17.4 Å². The first-order valence-corrected chi connectivity index (χ1v) is 5.97. The Morgan fingerprint density at radius 3 is 2.81 bits per heavy atom. The smallest absolute Gasteiger partial charge is 0.140 e. The average molecular weight is 239 g/mol. The first kappa shape index (κ1) is 12.8.